The third kappa shape index (κ3) is 5.80. The van der Waals surface area contributed by atoms with E-state index < -0.39 is 10.0 Å². The average Bonchev–Trinajstić information content (AvgIpc) is 2.68. The van der Waals surface area contributed by atoms with Crippen LogP contribution in [0.1, 0.15) is 47.9 Å². The van der Waals surface area contributed by atoms with E-state index in [0.29, 0.717) is 29.0 Å². The Morgan fingerprint density at radius 3 is 2.17 bits per heavy atom. The molecule has 1 unspecified atom stereocenters. The summed E-state index contributed by atoms with van der Waals surface area (Å²) in [6.07, 6.45) is 1.94. The van der Waals surface area contributed by atoms with Gasteiger partial charge in [-0.15, -0.1) is 0 Å². The number of amides is 2. The zero-order valence-corrected chi connectivity index (χ0v) is 17.9. The number of nitrogens with zero attached hydrogens (tertiary/aromatic N) is 1. The van der Waals surface area contributed by atoms with Crippen molar-refractivity contribution < 1.29 is 18.0 Å². The zero-order chi connectivity index (χ0) is 21.6. The topological polar surface area (TPSA) is 95.6 Å². The SMILES string of the molecule is CCC(C)NC(=O)c1ccccc1NC(=O)c1ccc(N(CC)S(C)(=O)=O)cc1. The molecule has 2 aromatic rings. The van der Waals surface area contributed by atoms with Crippen molar-refractivity contribution in [3.05, 3.63) is 59.7 Å². The molecule has 8 heteroatoms. The predicted octanol–water partition coefficient (Wildman–Crippen LogP) is 3.25. The maximum Gasteiger partial charge on any atom is 0.255 e. The van der Waals surface area contributed by atoms with E-state index in [9.17, 15) is 18.0 Å². The molecule has 0 radical (unpaired) electrons. The van der Waals surface area contributed by atoms with E-state index in [0.717, 1.165) is 12.7 Å². The number of rotatable bonds is 8. The Bertz CT molecular complexity index is 972. The summed E-state index contributed by atoms with van der Waals surface area (Å²) in [7, 11) is -3.39. The zero-order valence-electron chi connectivity index (χ0n) is 17.1. The Morgan fingerprint density at radius 1 is 1.00 bits per heavy atom. The molecule has 0 spiro atoms. The maximum absolute atomic E-state index is 12.6. The number of sulfonamides is 1. The Balaban J connectivity index is 2.20. The lowest BCUT2D eigenvalue weighted by Crippen LogP contribution is -2.32. The van der Waals surface area contributed by atoms with Crippen LogP contribution in [0.4, 0.5) is 11.4 Å². The first-order valence-corrected chi connectivity index (χ1v) is 11.3. The van der Waals surface area contributed by atoms with E-state index in [2.05, 4.69) is 10.6 Å². The van der Waals surface area contributed by atoms with Gasteiger partial charge in [-0.1, -0.05) is 19.1 Å². The van der Waals surface area contributed by atoms with Crippen LogP contribution in [0.15, 0.2) is 48.5 Å². The van der Waals surface area contributed by atoms with Gasteiger partial charge in [-0.25, -0.2) is 8.42 Å². The Hall–Kier alpha value is -2.87. The molecule has 7 nitrogen and oxygen atoms in total. The van der Waals surface area contributed by atoms with Crippen molar-refractivity contribution in [1.29, 1.82) is 0 Å². The molecule has 1 atom stereocenters. The van der Waals surface area contributed by atoms with Gasteiger partial charge in [0.15, 0.2) is 0 Å². The van der Waals surface area contributed by atoms with E-state index in [-0.39, 0.29) is 17.9 Å². The minimum Gasteiger partial charge on any atom is -0.350 e. The third-order valence-electron chi connectivity index (χ3n) is 4.51. The monoisotopic (exact) mass is 417 g/mol. The summed E-state index contributed by atoms with van der Waals surface area (Å²) in [6, 6.07) is 13.1. The lowest BCUT2D eigenvalue weighted by Gasteiger charge is -2.20. The molecule has 0 aliphatic heterocycles. The van der Waals surface area contributed by atoms with Crippen molar-refractivity contribution in [2.24, 2.45) is 0 Å². The van der Waals surface area contributed by atoms with Gasteiger partial charge in [0.05, 0.1) is 23.2 Å². The van der Waals surface area contributed by atoms with Crippen LogP contribution in [0.3, 0.4) is 0 Å². The fourth-order valence-corrected chi connectivity index (χ4v) is 3.75. The van der Waals surface area contributed by atoms with Crippen LogP contribution in [-0.4, -0.2) is 39.1 Å². The van der Waals surface area contributed by atoms with Crippen molar-refractivity contribution in [2.45, 2.75) is 33.2 Å². The molecule has 0 fully saturated rings. The van der Waals surface area contributed by atoms with E-state index >= 15 is 0 Å². The van der Waals surface area contributed by atoms with Gasteiger partial charge < -0.3 is 10.6 Å². The molecule has 0 saturated carbocycles. The maximum atomic E-state index is 12.6. The second-order valence-corrected chi connectivity index (χ2v) is 8.66. The number of nitrogens with one attached hydrogen (secondary N) is 2. The number of benzene rings is 2. The van der Waals surface area contributed by atoms with E-state index in [1.54, 1.807) is 55.5 Å². The molecule has 29 heavy (non-hydrogen) atoms. The standard InChI is InChI=1S/C21H27N3O4S/c1-5-15(3)22-21(26)18-9-7-8-10-19(18)23-20(25)16-11-13-17(14-12-16)24(6-2)29(4,27)28/h7-15H,5-6H2,1-4H3,(H,22,26)(H,23,25). The minimum atomic E-state index is -3.39. The van der Waals surface area contributed by atoms with Crippen LogP contribution in [-0.2, 0) is 10.0 Å². The first-order valence-electron chi connectivity index (χ1n) is 9.46. The molecule has 2 N–H and O–H groups in total. The minimum absolute atomic E-state index is 0.0233. The van der Waals surface area contributed by atoms with Gasteiger partial charge in [0.25, 0.3) is 11.8 Å². The summed E-state index contributed by atoms with van der Waals surface area (Å²) in [5.74, 6) is -0.639. The number of hydrogen-bond donors (Lipinski definition) is 2. The van der Waals surface area contributed by atoms with Gasteiger partial charge in [-0.05, 0) is 56.7 Å². The number of hydrogen-bond acceptors (Lipinski definition) is 4. The lowest BCUT2D eigenvalue weighted by molar-refractivity contribution is 0.0940. The largest absolute Gasteiger partial charge is 0.350 e. The van der Waals surface area contributed by atoms with Crippen molar-refractivity contribution in [3.63, 3.8) is 0 Å². The smallest absolute Gasteiger partial charge is 0.255 e. The van der Waals surface area contributed by atoms with E-state index in [4.69, 9.17) is 0 Å². The first-order chi connectivity index (χ1) is 13.7. The van der Waals surface area contributed by atoms with E-state index in [1.165, 1.54) is 4.31 Å². The predicted molar refractivity (Wildman–Crippen MR) is 116 cm³/mol. The fourth-order valence-electron chi connectivity index (χ4n) is 2.78. The number of para-hydroxylation sites is 1. The van der Waals surface area contributed by atoms with Crippen LogP contribution in [0, 0.1) is 0 Å². The summed E-state index contributed by atoms with van der Waals surface area (Å²) in [5.41, 5.74) is 1.64. The Kier molecular flexibility index (Phi) is 7.39. The molecule has 0 aliphatic carbocycles. The van der Waals surface area contributed by atoms with Gasteiger partial charge in [0.2, 0.25) is 10.0 Å². The van der Waals surface area contributed by atoms with E-state index in [1.807, 2.05) is 13.8 Å². The molecule has 0 heterocycles. The highest BCUT2D eigenvalue weighted by Gasteiger charge is 2.17. The lowest BCUT2D eigenvalue weighted by atomic mass is 10.1. The third-order valence-corrected chi connectivity index (χ3v) is 5.78. The first kappa shape index (κ1) is 22.4. The molecule has 2 aromatic carbocycles. The molecule has 2 rings (SSSR count). The van der Waals surface area contributed by atoms with Crippen LogP contribution in [0.25, 0.3) is 0 Å². The highest BCUT2D eigenvalue weighted by atomic mass is 32.2. The summed E-state index contributed by atoms with van der Waals surface area (Å²) >= 11 is 0. The van der Waals surface area contributed by atoms with Gasteiger partial charge >= 0.3 is 0 Å². The van der Waals surface area contributed by atoms with Crippen molar-refractivity contribution in [3.8, 4) is 0 Å². The molecule has 0 saturated heterocycles. The average molecular weight is 418 g/mol. The molecular formula is C21H27N3O4S. The molecule has 2 amide bonds. The van der Waals surface area contributed by atoms with Crippen LogP contribution in [0.5, 0.6) is 0 Å². The fraction of sp³-hybridized carbons (Fsp3) is 0.333. The van der Waals surface area contributed by atoms with Gasteiger partial charge in [-0.2, -0.15) is 0 Å². The molecule has 0 aromatic heterocycles. The quantitative estimate of drug-likeness (QED) is 0.689. The second kappa shape index (κ2) is 9.56. The summed E-state index contributed by atoms with van der Waals surface area (Å²) in [6.45, 7) is 5.93. The van der Waals surface area contributed by atoms with Crippen molar-refractivity contribution in [2.75, 3.05) is 22.4 Å². The van der Waals surface area contributed by atoms with Crippen molar-refractivity contribution >= 4 is 33.2 Å². The van der Waals surface area contributed by atoms with Crippen LogP contribution >= 0.6 is 0 Å². The normalized spacial score (nSPS) is 12.1. The van der Waals surface area contributed by atoms with Gasteiger partial charge in [-0.3, -0.25) is 13.9 Å². The highest BCUT2D eigenvalue weighted by molar-refractivity contribution is 7.92. The van der Waals surface area contributed by atoms with Crippen molar-refractivity contribution in [1.82, 2.24) is 5.32 Å². The molecular weight excluding hydrogens is 390 g/mol. The van der Waals surface area contributed by atoms with Gasteiger partial charge in [0.1, 0.15) is 0 Å². The van der Waals surface area contributed by atoms with Crippen LogP contribution < -0.4 is 14.9 Å². The Labute approximate surface area is 172 Å². The van der Waals surface area contributed by atoms with Crippen LogP contribution in [0.2, 0.25) is 0 Å². The van der Waals surface area contributed by atoms with Gasteiger partial charge in [0, 0.05) is 18.2 Å². The highest BCUT2D eigenvalue weighted by Crippen LogP contribution is 2.20. The number of carbonyl (C=O) groups excluding carboxylic acids is 2. The summed E-state index contributed by atoms with van der Waals surface area (Å²) in [4.78, 5) is 25.1. The summed E-state index contributed by atoms with van der Waals surface area (Å²) in [5, 5.41) is 5.65. The second-order valence-electron chi connectivity index (χ2n) is 6.76. The molecule has 156 valence electrons. The summed E-state index contributed by atoms with van der Waals surface area (Å²) < 4.78 is 24.9. The molecule has 0 aliphatic rings. The Morgan fingerprint density at radius 2 is 1.62 bits per heavy atom. The number of carbonyl (C=O) groups is 2. The molecule has 0 bridgehead atoms. The number of anilines is 2.